The molecular weight excluding hydrogens is 373 g/mol. The molecule has 0 radical (unpaired) electrons. The number of piperidine rings is 1. The van der Waals surface area contributed by atoms with Crippen molar-refractivity contribution in [2.24, 2.45) is 5.92 Å². The molecule has 3 heterocycles. The number of nitrogens with zero attached hydrogens (tertiary/aromatic N) is 4. The summed E-state index contributed by atoms with van der Waals surface area (Å²) >= 11 is 0. The Morgan fingerprint density at radius 1 is 1.12 bits per heavy atom. The summed E-state index contributed by atoms with van der Waals surface area (Å²) in [6, 6.07) is 6.02. The van der Waals surface area contributed by atoms with Gasteiger partial charge in [-0.05, 0) is 44.5 Å². The summed E-state index contributed by atoms with van der Waals surface area (Å²) in [5.74, 6) is 2.06. The number of hydrogen-bond donors (Lipinski definition) is 1. The summed E-state index contributed by atoms with van der Waals surface area (Å²) in [5, 5.41) is 3.24. The van der Waals surface area contributed by atoms with Gasteiger partial charge in [0.2, 0.25) is 5.91 Å². The van der Waals surface area contributed by atoms with Crippen LogP contribution in [0.1, 0.15) is 12.8 Å². The molecule has 1 N–H and O–H groups in total. The molecule has 0 aromatic carbocycles. The van der Waals surface area contributed by atoms with E-state index in [2.05, 4.69) is 31.1 Å². The molecule has 8 heteroatoms. The fourth-order valence-electron chi connectivity index (χ4n) is 3.64. The highest BCUT2D eigenvalue weighted by molar-refractivity contribution is 5.85. The molecular formula is C18H31Cl2N5O. The number of hydrogen-bond acceptors (Lipinski definition) is 5. The Kier molecular flexibility index (Phi) is 10.2. The number of carbonyl (C=O) groups excluding carboxylic acids is 1. The minimum absolute atomic E-state index is 0. The van der Waals surface area contributed by atoms with Gasteiger partial charge in [-0.1, -0.05) is 6.07 Å². The second kappa shape index (κ2) is 11.6. The maximum Gasteiger partial charge on any atom is 0.236 e. The van der Waals surface area contributed by atoms with E-state index < -0.39 is 0 Å². The van der Waals surface area contributed by atoms with Gasteiger partial charge in [0.05, 0.1) is 6.54 Å². The van der Waals surface area contributed by atoms with E-state index in [1.54, 1.807) is 0 Å². The van der Waals surface area contributed by atoms with Gasteiger partial charge < -0.3 is 15.1 Å². The smallest absolute Gasteiger partial charge is 0.236 e. The monoisotopic (exact) mass is 403 g/mol. The van der Waals surface area contributed by atoms with Crippen LogP contribution in [0.15, 0.2) is 24.4 Å². The van der Waals surface area contributed by atoms with Crippen molar-refractivity contribution in [3.8, 4) is 0 Å². The molecule has 2 saturated heterocycles. The molecule has 0 saturated carbocycles. The summed E-state index contributed by atoms with van der Waals surface area (Å²) in [6.45, 7) is 7.20. The summed E-state index contributed by atoms with van der Waals surface area (Å²) in [6.07, 6.45) is 4.09. The Bertz CT molecular complexity index is 518. The number of aromatic nitrogens is 1. The van der Waals surface area contributed by atoms with Crippen LogP contribution in [0, 0.1) is 5.92 Å². The Balaban J connectivity index is 0.00000169. The number of rotatable bonds is 5. The first kappa shape index (κ1) is 23.0. The highest BCUT2D eigenvalue weighted by Gasteiger charge is 2.25. The van der Waals surface area contributed by atoms with Crippen molar-refractivity contribution in [1.29, 1.82) is 0 Å². The molecule has 1 aromatic rings. The third-order valence-corrected chi connectivity index (χ3v) is 5.16. The number of amides is 1. The summed E-state index contributed by atoms with van der Waals surface area (Å²) in [5.41, 5.74) is 0. The lowest BCUT2D eigenvalue weighted by Crippen LogP contribution is -2.51. The number of halogens is 2. The van der Waals surface area contributed by atoms with Crippen molar-refractivity contribution < 1.29 is 4.79 Å². The largest absolute Gasteiger partial charge is 0.354 e. The van der Waals surface area contributed by atoms with E-state index in [1.165, 1.54) is 0 Å². The molecule has 0 unspecified atom stereocenters. The van der Waals surface area contributed by atoms with Crippen LogP contribution in [-0.4, -0.2) is 80.1 Å². The van der Waals surface area contributed by atoms with Crippen molar-refractivity contribution in [2.75, 3.05) is 64.3 Å². The van der Waals surface area contributed by atoms with Gasteiger partial charge in [-0.15, -0.1) is 24.8 Å². The third-order valence-electron chi connectivity index (χ3n) is 5.16. The lowest BCUT2D eigenvalue weighted by Gasteiger charge is -2.37. The molecule has 2 fully saturated rings. The first-order valence-corrected chi connectivity index (χ1v) is 9.07. The summed E-state index contributed by atoms with van der Waals surface area (Å²) in [7, 11) is 2.00. The van der Waals surface area contributed by atoms with Gasteiger partial charge >= 0.3 is 0 Å². The zero-order valence-electron chi connectivity index (χ0n) is 15.5. The Labute approximate surface area is 169 Å². The van der Waals surface area contributed by atoms with Gasteiger partial charge in [-0.2, -0.15) is 0 Å². The zero-order valence-corrected chi connectivity index (χ0v) is 17.1. The average Bonchev–Trinajstić information content (AvgIpc) is 2.64. The van der Waals surface area contributed by atoms with E-state index in [1.807, 2.05) is 25.4 Å². The minimum Gasteiger partial charge on any atom is -0.354 e. The number of pyridine rings is 1. The number of piperazine rings is 1. The fraction of sp³-hybridized carbons (Fsp3) is 0.667. The molecule has 0 spiro atoms. The second-order valence-electron chi connectivity index (χ2n) is 6.83. The SMILES string of the molecule is CNCC1CCN(C(=O)CN2CCN(c3ccccn3)CC2)CC1.Cl.Cl. The number of nitrogens with one attached hydrogen (secondary N) is 1. The highest BCUT2D eigenvalue weighted by atomic mass is 35.5. The van der Waals surface area contributed by atoms with Gasteiger partial charge in [0, 0.05) is 45.5 Å². The maximum absolute atomic E-state index is 12.5. The van der Waals surface area contributed by atoms with E-state index >= 15 is 0 Å². The molecule has 2 aliphatic rings. The van der Waals surface area contributed by atoms with Gasteiger partial charge in [0.1, 0.15) is 5.82 Å². The van der Waals surface area contributed by atoms with E-state index in [0.717, 1.165) is 70.4 Å². The van der Waals surface area contributed by atoms with Crippen LogP contribution >= 0.6 is 24.8 Å². The number of carbonyl (C=O) groups is 1. The van der Waals surface area contributed by atoms with Crippen LogP contribution < -0.4 is 10.2 Å². The topological polar surface area (TPSA) is 51.7 Å². The van der Waals surface area contributed by atoms with E-state index in [-0.39, 0.29) is 24.8 Å². The fourth-order valence-corrected chi connectivity index (χ4v) is 3.64. The van der Waals surface area contributed by atoms with Gasteiger partial charge in [-0.25, -0.2) is 4.98 Å². The zero-order chi connectivity index (χ0) is 16.8. The van der Waals surface area contributed by atoms with Crippen molar-refractivity contribution in [3.63, 3.8) is 0 Å². The summed E-state index contributed by atoms with van der Waals surface area (Å²) < 4.78 is 0. The quantitative estimate of drug-likeness (QED) is 0.807. The van der Waals surface area contributed by atoms with E-state index in [9.17, 15) is 4.79 Å². The van der Waals surface area contributed by atoms with E-state index in [0.29, 0.717) is 12.5 Å². The van der Waals surface area contributed by atoms with Gasteiger partial charge in [-0.3, -0.25) is 9.69 Å². The van der Waals surface area contributed by atoms with Crippen LogP contribution in [0.5, 0.6) is 0 Å². The molecule has 0 atom stereocenters. The van der Waals surface area contributed by atoms with Crippen LogP contribution in [0.3, 0.4) is 0 Å². The number of anilines is 1. The van der Waals surface area contributed by atoms with Crippen molar-refractivity contribution >= 4 is 36.5 Å². The maximum atomic E-state index is 12.5. The normalized spacial score (nSPS) is 18.8. The molecule has 0 bridgehead atoms. The molecule has 2 aliphatic heterocycles. The first-order valence-electron chi connectivity index (χ1n) is 9.07. The Morgan fingerprint density at radius 2 is 1.81 bits per heavy atom. The molecule has 3 rings (SSSR count). The minimum atomic E-state index is 0. The average molecular weight is 404 g/mol. The molecule has 148 valence electrons. The Morgan fingerprint density at radius 3 is 2.38 bits per heavy atom. The number of likely N-dealkylation sites (tertiary alicyclic amines) is 1. The summed E-state index contributed by atoms with van der Waals surface area (Å²) in [4.78, 5) is 23.6. The molecule has 1 aromatic heterocycles. The molecule has 0 aliphatic carbocycles. The predicted octanol–water partition coefficient (Wildman–Crippen LogP) is 1.51. The van der Waals surface area contributed by atoms with Gasteiger partial charge in [0.15, 0.2) is 0 Å². The van der Waals surface area contributed by atoms with Crippen molar-refractivity contribution in [2.45, 2.75) is 12.8 Å². The predicted molar refractivity (Wildman–Crippen MR) is 111 cm³/mol. The van der Waals surface area contributed by atoms with Crippen molar-refractivity contribution in [1.82, 2.24) is 20.1 Å². The first-order chi connectivity index (χ1) is 11.8. The molecule has 26 heavy (non-hydrogen) atoms. The van der Waals surface area contributed by atoms with Gasteiger partial charge in [0.25, 0.3) is 0 Å². The van der Waals surface area contributed by atoms with Crippen LogP contribution in [0.25, 0.3) is 0 Å². The van der Waals surface area contributed by atoms with Crippen LogP contribution in [0.4, 0.5) is 5.82 Å². The van der Waals surface area contributed by atoms with E-state index in [4.69, 9.17) is 0 Å². The molecule has 1 amide bonds. The van der Waals surface area contributed by atoms with Crippen LogP contribution in [0.2, 0.25) is 0 Å². The van der Waals surface area contributed by atoms with Crippen LogP contribution in [-0.2, 0) is 4.79 Å². The lowest BCUT2D eigenvalue weighted by molar-refractivity contribution is -0.133. The highest BCUT2D eigenvalue weighted by Crippen LogP contribution is 2.17. The Hall–Kier alpha value is -1.08. The standard InChI is InChI=1S/C18H29N5O.2ClH/c1-19-14-16-5-8-23(9-6-16)18(24)15-21-10-12-22(13-11-21)17-4-2-3-7-20-17;;/h2-4,7,16,19H,5-6,8-15H2,1H3;2*1H. The molecule has 6 nitrogen and oxygen atoms in total. The lowest BCUT2D eigenvalue weighted by atomic mass is 9.97. The second-order valence-corrected chi connectivity index (χ2v) is 6.83. The van der Waals surface area contributed by atoms with Crippen molar-refractivity contribution in [3.05, 3.63) is 24.4 Å². The third kappa shape index (κ3) is 6.27.